The zero-order valence-corrected chi connectivity index (χ0v) is 13.6. The SMILES string of the molecule is CCNCCCN(C)C1CCN(CC(C)CC)CC1.[HH]. The van der Waals surface area contributed by atoms with Gasteiger partial charge in [-0.15, -0.1) is 0 Å². The van der Waals surface area contributed by atoms with Gasteiger partial charge in [0.15, 0.2) is 0 Å². The van der Waals surface area contributed by atoms with Crippen LogP contribution in [0, 0.1) is 5.92 Å². The Morgan fingerprint density at radius 3 is 2.58 bits per heavy atom. The molecule has 0 aromatic heterocycles. The number of rotatable bonds is 9. The van der Waals surface area contributed by atoms with Crippen LogP contribution in [0.15, 0.2) is 0 Å². The first-order valence-electron chi connectivity index (χ1n) is 8.30. The van der Waals surface area contributed by atoms with Gasteiger partial charge in [0.2, 0.25) is 0 Å². The summed E-state index contributed by atoms with van der Waals surface area (Å²) < 4.78 is 0. The summed E-state index contributed by atoms with van der Waals surface area (Å²) in [6.45, 7) is 14.2. The molecule has 0 saturated carbocycles. The number of likely N-dealkylation sites (tertiary alicyclic amines) is 1. The predicted octanol–water partition coefficient (Wildman–Crippen LogP) is 2.67. The van der Waals surface area contributed by atoms with Gasteiger partial charge < -0.3 is 15.1 Å². The van der Waals surface area contributed by atoms with E-state index in [1.807, 2.05) is 0 Å². The Kier molecular flexibility index (Phi) is 8.67. The highest BCUT2D eigenvalue weighted by molar-refractivity contribution is 4.79. The lowest BCUT2D eigenvalue weighted by Gasteiger charge is -2.37. The van der Waals surface area contributed by atoms with Gasteiger partial charge in [-0.25, -0.2) is 0 Å². The van der Waals surface area contributed by atoms with E-state index in [1.54, 1.807) is 0 Å². The van der Waals surface area contributed by atoms with E-state index in [-0.39, 0.29) is 1.43 Å². The zero-order valence-electron chi connectivity index (χ0n) is 13.6. The smallest absolute Gasteiger partial charge is 0.0117 e. The van der Waals surface area contributed by atoms with Crippen molar-refractivity contribution >= 4 is 0 Å². The molecule has 1 aliphatic rings. The molecule has 116 valence electrons. The number of nitrogens with zero attached hydrogens (tertiary/aromatic N) is 2. The van der Waals surface area contributed by atoms with Crippen molar-refractivity contribution in [1.82, 2.24) is 15.1 Å². The van der Waals surface area contributed by atoms with Crippen molar-refractivity contribution in [3.63, 3.8) is 0 Å². The second kappa shape index (κ2) is 9.73. The minimum Gasteiger partial charge on any atom is -0.317 e. The Morgan fingerprint density at radius 2 is 2.00 bits per heavy atom. The minimum absolute atomic E-state index is 0. The highest BCUT2D eigenvalue weighted by Gasteiger charge is 2.22. The fraction of sp³-hybridized carbons (Fsp3) is 1.00. The van der Waals surface area contributed by atoms with Crippen molar-refractivity contribution in [1.29, 1.82) is 0 Å². The van der Waals surface area contributed by atoms with Gasteiger partial charge in [-0.2, -0.15) is 0 Å². The van der Waals surface area contributed by atoms with E-state index in [4.69, 9.17) is 0 Å². The molecule has 0 aromatic rings. The van der Waals surface area contributed by atoms with Crippen LogP contribution in [0.1, 0.15) is 47.9 Å². The summed E-state index contributed by atoms with van der Waals surface area (Å²) in [5.74, 6) is 0.856. The fourth-order valence-corrected chi connectivity index (χ4v) is 2.93. The molecule has 0 bridgehead atoms. The second-order valence-electron chi connectivity index (χ2n) is 6.23. The summed E-state index contributed by atoms with van der Waals surface area (Å²) in [6, 6.07) is 0.815. The molecule has 1 atom stereocenters. The molecule has 19 heavy (non-hydrogen) atoms. The third-order valence-electron chi connectivity index (χ3n) is 4.56. The predicted molar refractivity (Wildman–Crippen MR) is 86.8 cm³/mol. The molecule has 1 unspecified atom stereocenters. The quantitative estimate of drug-likeness (QED) is 0.651. The van der Waals surface area contributed by atoms with Gasteiger partial charge in [0.1, 0.15) is 0 Å². The van der Waals surface area contributed by atoms with Crippen molar-refractivity contribution < 1.29 is 1.43 Å². The van der Waals surface area contributed by atoms with Crippen molar-refractivity contribution in [3.8, 4) is 0 Å². The maximum absolute atomic E-state index is 3.41. The van der Waals surface area contributed by atoms with Crippen molar-refractivity contribution in [3.05, 3.63) is 0 Å². The van der Waals surface area contributed by atoms with E-state index in [2.05, 4.69) is 42.9 Å². The van der Waals surface area contributed by atoms with Crippen molar-refractivity contribution in [2.75, 3.05) is 46.3 Å². The number of nitrogens with one attached hydrogen (secondary N) is 1. The summed E-state index contributed by atoms with van der Waals surface area (Å²) in [7, 11) is 2.31. The average molecular weight is 271 g/mol. The number of piperidine rings is 1. The first-order chi connectivity index (χ1) is 9.17. The second-order valence-corrected chi connectivity index (χ2v) is 6.23. The van der Waals surface area contributed by atoms with Crippen LogP contribution < -0.4 is 5.32 Å². The van der Waals surface area contributed by atoms with E-state index in [9.17, 15) is 0 Å². The van der Waals surface area contributed by atoms with Crippen LogP contribution in [0.3, 0.4) is 0 Å². The van der Waals surface area contributed by atoms with Crippen LogP contribution in [-0.2, 0) is 0 Å². The Labute approximate surface area is 122 Å². The third-order valence-corrected chi connectivity index (χ3v) is 4.56. The molecule has 1 fully saturated rings. The van der Waals surface area contributed by atoms with Crippen molar-refractivity contribution in [2.24, 2.45) is 5.92 Å². The highest BCUT2D eigenvalue weighted by atomic mass is 15.2. The van der Waals surface area contributed by atoms with Crippen LogP contribution in [0.4, 0.5) is 0 Å². The van der Waals surface area contributed by atoms with Crippen LogP contribution in [-0.4, -0.2) is 62.2 Å². The molecule has 3 nitrogen and oxygen atoms in total. The molecule has 1 aliphatic heterocycles. The lowest BCUT2D eigenvalue weighted by atomic mass is 10.0. The van der Waals surface area contributed by atoms with Crippen molar-refractivity contribution in [2.45, 2.75) is 52.5 Å². The van der Waals surface area contributed by atoms with Crippen LogP contribution in [0.25, 0.3) is 0 Å². The van der Waals surface area contributed by atoms with E-state index in [1.165, 1.54) is 51.9 Å². The van der Waals surface area contributed by atoms with Gasteiger partial charge in [-0.3, -0.25) is 0 Å². The molecular weight excluding hydrogens is 234 g/mol. The molecule has 1 saturated heterocycles. The van der Waals surface area contributed by atoms with E-state index in [0.717, 1.165) is 25.0 Å². The van der Waals surface area contributed by atoms with Crippen LogP contribution in [0.2, 0.25) is 0 Å². The normalized spacial score (nSPS) is 20.1. The van der Waals surface area contributed by atoms with E-state index < -0.39 is 0 Å². The molecule has 0 aliphatic carbocycles. The van der Waals surface area contributed by atoms with Gasteiger partial charge in [-0.05, 0) is 65.0 Å². The molecule has 0 amide bonds. The Morgan fingerprint density at radius 1 is 1.32 bits per heavy atom. The van der Waals surface area contributed by atoms with Crippen LogP contribution in [0.5, 0.6) is 0 Å². The minimum atomic E-state index is 0. The summed E-state index contributed by atoms with van der Waals surface area (Å²) >= 11 is 0. The first kappa shape index (κ1) is 16.9. The monoisotopic (exact) mass is 271 g/mol. The molecule has 0 spiro atoms. The maximum atomic E-state index is 3.41. The Balaban J connectivity index is 0.00000361. The summed E-state index contributed by atoms with van der Waals surface area (Å²) in [5, 5.41) is 3.41. The number of hydrogen-bond acceptors (Lipinski definition) is 3. The first-order valence-corrected chi connectivity index (χ1v) is 8.30. The molecule has 1 heterocycles. The van der Waals surface area contributed by atoms with E-state index in [0.29, 0.717) is 0 Å². The molecule has 1 rings (SSSR count). The van der Waals surface area contributed by atoms with Crippen LogP contribution >= 0.6 is 0 Å². The van der Waals surface area contributed by atoms with Gasteiger partial charge in [0, 0.05) is 14.0 Å². The standard InChI is InChI=1S/C16H35N3.H2/c1-5-15(3)14-19-12-8-16(9-13-19)18(4)11-7-10-17-6-2;/h15-17H,5-14H2,1-4H3;1H. The van der Waals surface area contributed by atoms with Gasteiger partial charge >= 0.3 is 0 Å². The average Bonchev–Trinajstić information content (AvgIpc) is 2.44. The molecular formula is C16H37N3. The molecule has 1 N–H and O–H groups in total. The lowest BCUT2D eigenvalue weighted by Crippen LogP contribution is -2.45. The highest BCUT2D eigenvalue weighted by Crippen LogP contribution is 2.17. The summed E-state index contributed by atoms with van der Waals surface area (Å²) in [5.41, 5.74) is 0. The Hall–Kier alpha value is -0.120. The van der Waals surface area contributed by atoms with Gasteiger partial charge in [0.25, 0.3) is 0 Å². The maximum Gasteiger partial charge on any atom is 0.0117 e. The number of hydrogen-bond donors (Lipinski definition) is 1. The fourth-order valence-electron chi connectivity index (χ4n) is 2.93. The molecule has 0 aromatic carbocycles. The van der Waals surface area contributed by atoms with Gasteiger partial charge in [-0.1, -0.05) is 27.2 Å². The lowest BCUT2D eigenvalue weighted by molar-refractivity contribution is 0.116. The van der Waals surface area contributed by atoms with E-state index >= 15 is 0 Å². The largest absolute Gasteiger partial charge is 0.317 e. The van der Waals surface area contributed by atoms with Gasteiger partial charge in [0.05, 0.1) is 0 Å². The summed E-state index contributed by atoms with van der Waals surface area (Å²) in [4.78, 5) is 5.25. The third kappa shape index (κ3) is 6.73. The Bertz CT molecular complexity index is 218. The zero-order chi connectivity index (χ0) is 14.1. The topological polar surface area (TPSA) is 18.5 Å². The molecule has 3 heteroatoms. The molecule has 0 radical (unpaired) electrons. The summed E-state index contributed by atoms with van der Waals surface area (Å²) in [6.07, 6.45) is 5.30.